The van der Waals surface area contributed by atoms with Crippen LogP contribution < -0.4 is 5.32 Å². The highest BCUT2D eigenvalue weighted by Crippen LogP contribution is 2.35. The number of carboxylic acids is 1. The van der Waals surface area contributed by atoms with Crippen LogP contribution in [0.4, 0.5) is 0 Å². The minimum absolute atomic E-state index is 0.000290. The molecule has 1 atom stereocenters. The number of hydrogen-bond acceptors (Lipinski definition) is 11. The number of carbonyl (C=O) groups is 4. The van der Waals surface area contributed by atoms with Crippen LogP contribution in [0.15, 0.2) is 35.2 Å². The maximum Gasteiger partial charge on any atom is 0.312 e. The Balaban J connectivity index is 1.13. The molecule has 2 amide bonds. The number of carbonyl (C=O) groups excluding carboxylic acids is 3. The number of ether oxygens (including phenoxy) is 1. The SMILES string of the molecule is CCC(=O)N(CCNC(=O)CCCc1cn(COC(=O)[C@@H]2CCCN(CCC=C(c3sccc3C)c3sccc3C)C2)nn1)CCSCCC(=O)O. The first-order valence-electron chi connectivity index (χ1n) is 18.1. The van der Waals surface area contributed by atoms with Gasteiger partial charge < -0.3 is 25.0 Å². The summed E-state index contributed by atoms with van der Waals surface area (Å²) >= 11 is 5.07. The fourth-order valence-electron chi connectivity index (χ4n) is 6.06. The van der Waals surface area contributed by atoms with Crippen LogP contribution in [0.25, 0.3) is 5.57 Å². The molecule has 1 aliphatic rings. The van der Waals surface area contributed by atoms with Gasteiger partial charge in [-0.05, 0) is 86.5 Å². The van der Waals surface area contributed by atoms with Gasteiger partial charge in [-0.15, -0.1) is 27.8 Å². The van der Waals surface area contributed by atoms with Gasteiger partial charge in [-0.2, -0.15) is 11.8 Å². The Bertz CT molecular complexity index is 1590. The number of likely N-dealkylation sites (tertiary alicyclic amines) is 1. The second-order valence-electron chi connectivity index (χ2n) is 12.9. The van der Waals surface area contributed by atoms with E-state index in [4.69, 9.17) is 9.84 Å². The molecule has 0 spiro atoms. The first kappa shape index (κ1) is 41.2. The topological polar surface area (TPSA) is 147 Å². The molecule has 4 heterocycles. The highest BCUT2D eigenvalue weighted by molar-refractivity contribution is 7.99. The Hall–Kier alpha value is -3.53. The van der Waals surface area contributed by atoms with Crippen molar-refractivity contribution in [2.24, 2.45) is 5.92 Å². The number of hydrogen-bond donors (Lipinski definition) is 2. The molecule has 0 radical (unpaired) electrons. The number of nitrogens with zero attached hydrogens (tertiary/aromatic N) is 5. The van der Waals surface area contributed by atoms with Gasteiger partial charge in [0.25, 0.3) is 0 Å². The number of rotatable bonds is 22. The molecule has 52 heavy (non-hydrogen) atoms. The van der Waals surface area contributed by atoms with E-state index in [9.17, 15) is 19.2 Å². The Morgan fingerprint density at radius 3 is 2.52 bits per heavy atom. The van der Waals surface area contributed by atoms with Crippen LogP contribution in [0.2, 0.25) is 0 Å². The molecular formula is C37H52N6O6S3. The van der Waals surface area contributed by atoms with Crippen LogP contribution in [0.3, 0.4) is 0 Å². The summed E-state index contributed by atoms with van der Waals surface area (Å²) in [6.07, 6.45) is 8.69. The predicted molar refractivity (Wildman–Crippen MR) is 207 cm³/mol. The highest BCUT2D eigenvalue weighted by Gasteiger charge is 2.27. The van der Waals surface area contributed by atoms with Crippen molar-refractivity contribution < 1.29 is 29.0 Å². The van der Waals surface area contributed by atoms with Gasteiger partial charge in [0.05, 0.1) is 24.2 Å². The summed E-state index contributed by atoms with van der Waals surface area (Å²) in [5.41, 5.74) is 4.63. The number of thioether (sulfide) groups is 1. The van der Waals surface area contributed by atoms with E-state index in [1.165, 1.54) is 42.9 Å². The lowest BCUT2D eigenvalue weighted by atomic mass is 9.98. The lowest BCUT2D eigenvalue weighted by Crippen LogP contribution is -2.39. The summed E-state index contributed by atoms with van der Waals surface area (Å²) in [6, 6.07) is 4.35. The second kappa shape index (κ2) is 21.9. The van der Waals surface area contributed by atoms with E-state index in [1.54, 1.807) is 40.7 Å². The zero-order chi connectivity index (χ0) is 37.3. The fourth-order valence-corrected chi connectivity index (χ4v) is 8.95. The Morgan fingerprint density at radius 2 is 1.85 bits per heavy atom. The number of aliphatic carboxylic acids is 1. The smallest absolute Gasteiger partial charge is 0.312 e. The van der Waals surface area contributed by atoms with Gasteiger partial charge in [0.1, 0.15) is 0 Å². The molecule has 0 aromatic carbocycles. The van der Waals surface area contributed by atoms with Gasteiger partial charge >= 0.3 is 11.9 Å². The Morgan fingerprint density at radius 1 is 1.10 bits per heavy atom. The van der Waals surface area contributed by atoms with Gasteiger partial charge in [-0.25, -0.2) is 4.68 Å². The van der Waals surface area contributed by atoms with Crippen LogP contribution in [0, 0.1) is 19.8 Å². The van der Waals surface area contributed by atoms with Crippen molar-refractivity contribution in [1.82, 2.24) is 30.1 Å². The van der Waals surface area contributed by atoms with Crippen molar-refractivity contribution in [3.63, 3.8) is 0 Å². The van der Waals surface area contributed by atoms with Crippen molar-refractivity contribution in [3.8, 4) is 0 Å². The van der Waals surface area contributed by atoms with Crippen LogP contribution >= 0.6 is 34.4 Å². The number of nitrogens with one attached hydrogen (secondary N) is 1. The lowest BCUT2D eigenvalue weighted by Gasteiger charge is -2.31. The molecule has 0 bridgehead atoms. The van der Waals surface area contributed by atoms with Crippen molar-refractivity contribution in [3.05, 3.63) is 61.7 Å². The normalized spacial score (nSPS) is 14.6. The average molecular weight is 773 g/mol. The van der Waals surface area contributed by atoms with E-state index >= 15 is 0 Å². The molecule has 3 aromatic heterocycles. The number of aromatic nitrogens is 3. The van der Waals surface area contributed by atoms with Gasteiger partial charge in [-0.1, -0.05) is 18.2 Å². The molecule has 0 unspecified atom stereocenters. The summed E-state index contributed by atoms with van der Waals surface area (Å²) < 4.78 is 7.15. The lowest BCUT2D eigenvalue weighted by molar-refractivity contribution is -0.155. The molecule has 1 saturated heterocycles. The molecule has 12 nitrogen and oxygen atoms in total. The average Bonchev–Trinajstić information content (AvgIpc) is 3.89. The third-order valence-electron chi connectivity index (χ3n) is 8.93. The van der Waals surface area contributed by atoms with Crippen molar-refractivity contribution in [2.45, 2.75) is 78.9 Å². The molecule has 1 aliphatic heterocycles. The third kappa shape index (κ3) is 13.5. The molecule has 1 fully saturated rings. The molecule has 4 rings (SSSR count). The van der Waals surface area contributed by atoms with Crippen LogP contribution in [0.1, 0.15) is 78.4 Å². The number of thiophene rings is 2. The molecule has 3 aromatic rings. The van der Waals surface area contributed by atoms with E-state index in [-0.39, 0.29) is 36.9 Å². The summed E-state index contributed by atoms with van der Waals surface area (Å²) in [5, 5.41) is 24.2. The molecule has 2 N–H and O–H groups in total. The molecule has 284 valence electrons. The monoisotopic (exact) mass is 772 g/mol. The maximum absolute atomic E-state index is 13.0. The number of amides is 2. The molecule has 0 saturated carbocycles. The quantitative estimate of drug-likeness (QED) is 0.0973. The van der Waals surface area contributed by atoms with Crippen LogP contribution in [-0.2, 0) is 37.1 Å². The fraction of sp³-hybridized carbons (Fsp3) is 0.568. The largest absolute Gasteiger partial charge is 0.481 e. The number of carboxylic acid groups (broad SMARTS) is 1. The number of aryl methyl sites for hydroxylation is 3. The predicted octanol–water partition coefficient (Wildman–Crippen LogP) is 5.64. The Labute approximate surface area is 319 Å². The van der Waals surface area contributed by atoms with Crippen LogP contribution in [-0.4, -0.2) is 104 Å². The highest BCUT2D eigenvalue weighted by atomic mass is 32.2. The maximum atomic E-state index is 13.0. The van der Waals surface area contributed by atoms with Crippen molar-refractivity contribution in [2.75, 3.05) is 50.8 Å². The van der Waals surface area contributed by atoms with E-state index < -0.39 is 5.97 Å². The zero-order valence-electron chi connectivity index (χ0n) is 30.5. The molecule has 15 heteroatoms. The van der Waals surface area contributed by atoms with Crippen molar-refractivity contribution in [1.29, 1.82) is 0 Å². The number of piperidine rings is 1. The van der Waals surface area contributed by atoms with E-state index in [1.807, 2.05) is 0 Å². The van der Waals surface area contributed by atoms with Gasteiger partial charge in [0, 0.05) is 72.4 Å². The second-order valence-corrected chi connectivity index (χ2v) is 16.0. The van der Waals surface area contributed by atoms with Crippen LogP contribution in [0.5, 0.6) is 0 Å². The minimum Gasteiger partial charge on any atom is -0.481 e. The first-order chi connectivity index (χ1) is 25.1. The Kier molecular flexibility index (Phi) is 17.3. The first-order valence-corrected chi connectivity index (χ1v) is 21.0. The third-order valence-corrected chi connectivity index (χ3v) is 12.0. The zero-order valence-corrected chi connectivity index (χ0v) is 33.0. The minimum atomic E-state index is -0.831. The van der Waals surface area contributed by atoms with Gasteiger partial charge in [-0.3, -0.25) is 19.2 Å². The molecular weight excluding hydrogens is 721 g/mol. The van der Waals surface area contributed by atoms with Crippen molar-refractivity contribution >= 4 is 63.8 Å². The van der Waals surface area contributed by atoms with E-state index in [0.29, 0.717) is 63.4 Å². The van der Waals surface area contributed by atoms with E-state index in [0.717, 1.165) is 38.0 Å². The summed E-state index contributed by atoms with van der Waals surface area (Å²) in [4.78, 5) is 55.1. The summed E-state index contributed by atoms with van der Waals surface area (Å²) in [5.74, 6) is -0.159. The summed E-state index contributed by atoms with van der Waals surface area (Å²) in [6.45, 7) is 9.96. The molecule has 0 aliphatic carbocycles. The number of esters is 1. The van der Waals surface area contributed by atoms with E-state index in [2.05, 4.69) is 63.3 Å². The van der Waals surface area contributed by atoms with Gasteiger partial charge in [0.2, 0.25) is 11.8 Å². The van der Waals surface area contributed by atoms with Gasteiger partial charge in [0.15, 0.2) is 6.73 Å². The summed E-state index contributed by atoms with van der Waals surface area (Å²) in [7, 11) is 0. The standard InChI is InChI=1S/C37H52N6O6S3/c1-4-33(45)42(19-23-50-20-14-34(46)47)18-15-38-32(44)11-5-9-30-25-43(40-39-30)26-49-37(48)29-8-6-16-41(24-29)17-7-10-31(35-27(2)12-21-51-35)36-28(3)13-22-52-36/h10,12-13,21-22,25,29H,4-9,11,14-20,23-24,26H2,1-3H3,(H,38,44)(H,46,47)/t29-/m1/s1.